The Kier molecular flexibility index (Phi) is 4.36. The second kappa shape index (κ2) is 6.24. The molecule has 0 aliphatic carbocycles. The zero-order valence-electron chi connectivity index (χ0n) is 12.9. The molecule has 0 radical (unpaired) electrons. The van der Waals surface area contributed by atoms with Gasteiger partial charge < -0.3 is 14.6 Å². The van der Waals surface area contributed by atoms with E-state index in [1.54, 1.807) is 7.11 Å². The number of aliphatic hydroxyl groups excluding tert-OH is 1. The fourth-order valence-electron chi connectivity index (χ4n) is 3.66. The second-order valence-corrected chi connectivity index (χ2v) is 6.02. The quantitative estimate of drug-likeness (QED) is 0.930. The van der Waals surface area contributed by atoms with Gasteiger partial charge in [0.1, 0.15) is 24.2 Å². The molecule has 1 saturated heterocycles. The third-order valence-corrected chi connectivity index (χ3v) is 4.88. The normalized spacial score (nSPS) is 29.6. The maximum Gasteiger partial charge on any atom is 0.125 e. The molecule has 1 N–H and O–H groups in total. The molecule has 1 aromatic rings. The zero-order valence-corrected chi connectivity index (χ0v) is 12.9. The van der Waals surface area contributed by atoms with E-state index in [0.29, 0.717) is 12.6 Å². The average Bonchev–Trinajstić information content (AvgIpc) is 2.55. The number of hydrogen-bond acceptors (Lipinski definition) is 4. The van der Waals surface area contributed by atoms with Crippen molar-refractivity contribution in [3.63, 3.8) is 0 Å². The molecule has 0 spiro atoms. The van der Waals surface area contributed by atoms with Crippen LogP contribution in [0.3, 0.4) is 0 Å². The van der Waals surface area contributed by atoms with E-state index in [1.165, 1.54) is 19.3 Å². The Morgan fingerprint density at radius 2 is 2.24 bits per heavy atom. The van der Waals surface area contributed by atoms with E-state index in [1.807, 2.05) is 18.2 Å². The van der Waals surface area contributed by atoms with Crippen molar-refractivity contribution in [2.24, 2.45) is 0 Å². The van der Waals surface area contributed by atoms with E-state index in [9.17, 15) is 5.11 Å². The number of hydrogen-bond donors (Lipinski definition) is 1. The highest BCUT2D eigenvalue weighted by atomic mass is 16.5. The molecule has 2 aliphatic rings. The van der Waals surface area contributed by atoms with Crippen molar-refractivity contribution in [3.05, 3.63) is 23.8 Å². The first-order valence-corrected chi connectivity index (χ1v) is 7.99. The number of aliphatic hydroxyl groups is 1. The van der Waals surface area contributed by atoms with Crippen molar-refractivity contribution in [2.45, 2.75) is 50.8 Å². The van der Waals surface area contributed by atoms with Gasteiger partial charge in [0, 0.05) is 11.6 Å². The molecule has 1 fully saturated rings. The molecule has 116 valence electrons. The van der Waals surface area contributed by atoms with Crippen LogP contribution in [-0.4, -0.2) is 42.4 Å². The van der Waals surface area contributed by atoms with E-state index in [2.05, 4.69) is 11.8 Å². The molecule has 3 rings (SSSR count). The van der Waals surface area contributed by atoms with Gasteiger partial charge in [0.15, 0.2) is 0 Å². The Balaban J connectivity index is 1.85. The lowest BCUT2D eigenvalue weighted by atomic mass is 9.92. The molecule has 0 amide bonds. The van der Waals surface area contributed by atoms with Crippen LogP contribution < -0.4 is 9.47 Å². The van der Waals surface area contributed by atoms with Crippen LogP contribution in [0, 0.1) is 0 Å². The van der Waals surface area contributed by atoms with Crippen molar-refractivity contribution in [3.8, 4) is 11.5 Å². The molecule has 2 aliphatic heterocycles. The smallest absolute Gasteiger partial charge is 0.125 e. The summed E-state index contributed by atoms with van der Waals surface area (Å²) < 4.78 is 11.2. The molecule has 0 aromatic heterocycles. The maximum atomic E-state index is 10.8. The van der Waals surface area contributed by atoms with Crippen molar-refractivity contribution in [1.82, 2.24) is 4.90 Å². The van der Waals surface area contributed by atoms with Crippen LogP contribution in [0.15, 0.2) is 18.2 Å². The lowest BCUT2D eigenvalue weighted by Crippen LogP contribution is -2.52. The summed E-state index contributed by atoms with van der Waals surface area (Å²) >= 11 is 0. The fourth-order valence-corrected chi connectivity index (χ4v) is 3.66. The topological polar surface area (TPSA) is 41.9 Å². The van der Waals surface area contributed by atoms with Crippen LogP contribution in [0.5, 0.6) is 11.5 Å². The maximum absolute atomic E-state index is 10.8. The van der Waals surface area contributed by atoms with Crippen LogP contribution in [0.25, 0.3) is 0 Å². The highest BCUT2D eigenvalue weighted by Gasteiger charge is 2.37. The number of benzene rings is 1. The molecule has 2 heterocycles. The number of ether oxygens (including phenoxy) is 2. The lowest BCUT2D eigenvalue weighted by molar-refractivity contribution is -0.0294. The molecule has 3 unspecified atom stereocenters. The first-order valence-electron chi connectivity index (χ1n) is 7.99. The van der Waals surface area contributed by atoms with Crippen LogP contribution in [0.1, 0.15) is 44.3 Å². The summed E-state index contributed by atoms with van der Waals surface area (Å²) in [6.45, 7) is 3.86. The highest BCUT2D eigenvalue weighted by molar-refractivity contribution is 5.43. The van der Waals surface area contributed by atoms with Gasteiger partial charge in [-0.2, -0.15) is 0 Å². The minimum atomic E-state index is -0.504. The van der Waals surface area contributed by atoms with Crippen LogP contribution in [0.4, 0.5) is 0 Å². The molecule has 3 atom stereocenters. The van der Waals surface area contributed by atoms with Gasteiger partial charge in [-0.05, 0) is 44.0 Å². The van der Waals surface area contributed by atoms with E-state index in [4.69, 9.17) is 9.47 Å². The van der Waals surface area contributed by atoms with Gasteiger partial charge in [-0.3, -0.25) is 4.90 Å². The molecular formula is C17H25NO3. The third kappa shape index (κ3) is 2.74. The Labute approximate surface area is 126 Å². The van der Waals surface area contributed by atoms with Gasteiger partial charge >= 0.3 is 0 Å². The first kappa shape index (κ1) is 14.7. The predicted octanol–water partition coefficient (Wildman–Crippen LogP) is 2.75. The van der Waals surface area contributed by atoms with Crippen LogP contribution in [-0.2, 0) is 0 Å². The number of nitrogens with zero attached hydrogens (tertiary/aromatic N) is 1. The number of piperidine rings is 1. The Morgan fingerprint density at radius 1 is 1.38 bits per heavy atom. The Bertz CT molecular complexity index is 491. The molecule has 0 saturated carbocycles. The van der Waals surface area contributed by atoms with Gasteiger partial charge in [0.2, 0.25) is 0 Å². The third-order valence-electron chi connectivity index (χ3n) is 4.88. The van der Waals surface area contributed by atoms with Gasteiger partial charge in [-0.25, -0.2) is 0 Å². The molecular weight excluding hydrogens is 266 g/mol. The van der Waals surface area contributed by atoms with Gasteiger partial charge in [0.05, 0.1) is 13.2 Å². The molecule has 0 bridgehead atoms. The summed E-state index contributed by atoms with van der Waals surface area (Å²) in [6, 6.07) is 6.28. The standard InChI is InChI=1S/C17H25NO3/c1-3-12-6-4-5-9-18(12)15-11-21-16-8-7-13(20-2)10-14(16)17(15)19/h7-8,10,12,15,17,19H,3-6,9,11H2,1-2H3. The van der Waals surface area contributed by atoms with Gasteiger partial charge in [-0.1, -0.05) is 13.3 Å². The number of rotatable bonds is 3. The van der Waals surface area contributed by atoms with E-state index < -0.39 is 6.10 Å². The summed E-state index contributed by atoms with van der Waals surface area (Å²) in [5.74, 6) is 1.55. The molecule has 4 nitrogen and oxygen atoms in total. The van der Waals surface area contributed by atoms with Crippen molar-refractivity contribution < 1.29 is 14.6 Å². The average molecular weight is 291 g/mol. The minimum absolute atomic E-state index is 0.0508. The van der Waals surface area contributed by atoms with E-state index in [-0.39, 0.29) is 6.04 Å². The number of methoxy groups -OCH3 is 1. The summed E-state index contributed by atoms with van der Waals surface area (Å²) in [4.78, 5) is 2.45. The lowest BCUT2D eigenvalue weighted by Gasteiger charge is -2.44. The predicted molar refractivity (Wildman–Crippen MR) is 81.9 cm³/mol. The number of fused-ring (bicyclic) bond motifs is 1. The largest absolute Gasteiger partial charge is 0.497 e. The molecule has 4 heteroatoms. The second-order valence-electron chi connectivity index (χ2n) is 6.02. The summed E-state index contributed by atoms with van der Waals surface area (Å²) in [5, 5.41) is 10.8. The minimum Gasteiger partial charge on any atom is -0.497 e. The van der Waals surface area contributed by atoms with Crippen molar-refractivity contribution >= 4 is 0 Å². The van der Waals surface area contributed by atoms with Crippen molar-refractivity contribution in [2.75, 3.05) is 20.3 Å². The fraction of sp³-hybridized carbons (Fsp3) is 0.647. The summed E-state index contributed by atoms with van der Waals surface area (Å²) in [6.07, 6.45) is 4.36. The van der Waals surface area contributed by atoms with E-state index in [0.717, 1.165) is 30.0 Å². The van der Waals surface area contributed by atoms with Gasteiger partial charge in [0.25, 0.3) is 0 Å². The summed E-state index contributed by atoms with van der Waals surface area (Å²) in [7, 11) is 1.65. The molecule has 1 aromatic carbocycles. The highest BCUT2D eigenvalue weighted by Crippen LogP contribution is 2.38. The monoisotopic (exact) mass is 291 g/mol. The zero-order chi connectivity index (χ0) is 14.8. The van der Waals surface area contributed by atoms with E-state index >= 15 is 0 Å². The summed E-state index contributed by atoms with van der Waals surface area (Å²) in [5.41, 5.74) is 0.853. The SMILES string of the molecule is CCC1CCCCN1C1COc2ccc(OC)cc2C1O. The Morgan fingerprint density at radius 3 is 3.00 bits per heavy atom. The van der Waals surface area contributed by atoms with Crippen molar-refractivity contribution in [1.29, 1.82) is 0 Å². The molecule has 21 heavy (non-hydrogen) atoms. The Hall–Kier alpha value is -1.26. The number of likely N-dealkylation sites (tertiary alicyclic amines) is 1. The van der Waals surface area contributed by atoms with Crippen LogP contribution >= 0.6 is 0 Å². The first-order chi connectivity index (χ1) is 10.2. The van der Waals surface area contributed by atoms with Crippen LogP contribution in [0.2, 0.25) is 0 Å². The van der Waals surface area contributed by atoms with Gasteiger partial charge in [-0.15, -0.1) is 0 Å².